The average Bonchev–Trinajstić information content (AvgIpc) is 3.11. The zero-order chi connectivity index (χ0) is 19.3. The summed E-state index contributed by atoms with van der Waals surface area (Å²) < 4.78 is 2.15. The normalized spacial score (nSPS) is 10.6. The van der Waals surface area contributed by atoms with E-state index >= 15 is 0 Å². The van der Waals surface area contributed by atoms with Crippen molar-refractivity contribution in [2.24, 2.45) is 0 Å². The van der Waals surface area contributed by atoms with Gasteiger partial charge in [0.2, 0.25) is 0 Å². The van der Waals surface area contributed by atoms with Gasteiger partial charge in [-0.1, -0.05) is 78.9 Å². The summed E-state index contributed by atoms with van der Waals surface area (Å²) in [6.07, 6.45) is 0. The number of hydrogen-bond donors (Lipinski definition) is 1. The van der Waals surface area contributed by atoms with E-state index in [-0.39, 0.29) is 5.91 Å². The third-order valence-electron chi connectivity index (χ3n) is 4.87. The average molecular weight is 366 g/mol. The van der Waals surface area contributed by atoms with Gasteiger partial charge in [0.05, 0.1) is 11.3 Å². The molecule has 3 nitrogen and oxygen atoms in total. The van der Waals surface area contributed by atoms with Gasteiger partial charge in [0.1, 0.15) is 0 Å². The predicted molar refractivity (Wildman–Crippen MR) is 114 cm³/mol. The molecule has 0 aliphatic carbocycles. The summed E-state index contributed by atoms with van der Waals surface area (Å²) in [4.78, 5) is 12.9. The zero-order valence-electron chi connectivity index (χ0n) is 15.8. The highest BCUT2D eigenvalue weighted by atomic mass is 16.1. The predicted octanol–water partition coefficient (Wildman–Crippen LogP) is 5.38. The first-order chi connectivity index (χ1) is 13.7. The number of nitrogens with zero attached hydrogens (tertiary/aromatic N) is 1. The molecule has 28 heavy (non-hydrogen) atoms. The molecule has 138 valence electrons. The van der Waals surface area contributed by atoms with Crippen molar-refractivity contribution in [2.45, 2.75) is 13.5 Å². The van der Waals surface area contributed by atoms with Crippen LogP contribution in [0.25, 0.3) is 16.9 Å². The monoisotopic (exact) mass is 366 g/mol. The Kier molecular flexibility index (Phi) is 5.07. The number of nitrogens with one attached hydrogen (secondary N) is 1. The molecular formula is C25H22N2O. The van der Waals surface area contributed by atoms with Crippen LogP contribution in [0.4, 0.5) is 0 Å². The fraction of sp³-hybridized carbons (Fsp3) is 0.0800. The van der Waals surface area contributed by atoms with Crippen LogP contribution in [-0.2, 0) is 6.54 Å². The van der Waals surface area contributed by atoms with Crippen LogP contribution in [0.2, 0.25) is 0 Å². The van der Waals surface area contributed by atoms with E-state index in [4.69, 9.17) is 0 Å². The fourth-order valence-corrected chi connectivity index (χ4v) is 3.44. The number of carbonyl (C=O) groups is 1. The Bertz CT molecular complexity index is 1070. The molecule has 4 rings (SSSR count). The summed E-state index contributed by atoms with van der Waals surface area (Å²) in [7, 11) is 0. The minimum atomic E-state index is -0.0618. The summed E-state index contributed by atoms with van der Waals surface area (Å²) in [5.74, 6) is -0.0618. The molecule has 1 heterocycles. The number of benzene rings is 3. The van der Waals surface area contributed by atoms with Crippen molar-refractivity contribution < 1.29 is 4.79 Å². The lowest BCUT2D eigenvalue weighted by Gasteiger charge is -2.12. The first-order valence-electron chi connectivity index (χ1n) is 9.39. The number of para-hydroxylation sites is 1. The highest BCUT2D eigenvalue weighted by Crippen LogP contribution is 2.29. The first kappa shape index (κ1) is 17.8. The summed E-state index contributed by atoms with van der Waals surface area (Å²) in [6.45, 7) is 2.51. The van der Waals surface area contributed by atoms with E-state index in [1.54, 1.807) is 0 Å². The van der Waals surface area contributed by atoms with Crippen molar-refractivity contribution in [3.63, 3.8) is 0 Å². The molecule has 1 N–H and O–H groups in total. The minimum Gasteiger partial charge on any atom is -0.348 e. The third-order valence-corrected chi connectivity index (χ3v) is 4.87. The second kappa shape index (κ2) is 7.97. The second-order valence-corrected chi connectivity index (χ2v) is 6.73. The molecule has 1 aromatic heterocycles. The van der Waals surface area contributed by atoms with Crippen LogP contribution in [0.1, 0.15) is 21.6 Å². The maximum absolute atomic E-state index is 12.9. The van der Waals surface area contributed by atoms with Crippen LogP contribution < -0.4 is 5.32 Å². The molecule has 0 aliphatic heterocycles. The zero-order valence-corrected chi connectivity index (χ0v) is 15.8. The SMILES string of the molecule is Cc1c(C(=O)NCc2ccccc2)cc(-c2ccccc2)n1-c1ccccc1. The van der Waals surface area contributed by atoms with Crippen molar-refractivity contribution >= 4 is 5.91 Å². The Hall–Kier alpha value is -3.59. The maximum Gasteiger partial charge on any atom is 0.253 e. The van der Waals surface area contributed by atoms with E-state index in [2.05, 4.69) is 34.1 Å². The molecule has 0 fully saturated rings. The van der Waals surface area contributed by atoms with E-state index < -0.39 is 0 Å². The van der Waals surface area contributed by atoms with Crippen LogP contribution in [0, 0.1) is 6.92 Å². The van der Waals surface area contributed by atoms with Gasteiger partial charge in [-0.05, 0) is 36.2 Å². The lowest BCUT2D eigenvalue weighted by molar-refractivity contribution is 0.0950. The van der Waals surface area contributed by atoms with E-state index in [9.17, 15) is 4.79 Å². The molecule has 0 saturated heterocycles. The smallest absolute Gasteiger partial charge is 0.253 e. The van der Waals surface area contributed by atoms with Gasteiger partial charge in [-0.3, -0.25) is 4.79 Å². The van der Waals surface area contributed by atoms with Crippen LogP contribution in [-0.4, -0.2) is 10.5 Å². The van der Waals surface area contributed by atoms with E-state index in [0.717, 1.165) is 28.2 Å². The van der Waals surface area contributed by atoms with E-state index in [1.165, 1.54) is 0 Å². The lowest BCUT2D eigenvalue weighted by Crippen LogP contribution is -2.23. The van der Waals surface area contributed by atoms with Gasteiger partial charge in [0, 0.05) is 17.9 Å². The Morgan fingerprint density at radius 2 is 1.39 bits per heavy atom. The topological polar surface area (TPSA) is 34.0 Å². The van der Waals surface area contributed by atoms with Crippen LogP contribution in [0.15, 0.2) is 97.1 Å². The standard InChI is InChI=1S/C25H22N2O/c1-19-23(25(28)26-18-20-11-5-2-6-12-20)17-24(21-13-7-3-8-14-21)27(19)22-15-9-4-10-16-22/h2-17H,18H2,1H3,(H,26,28). The maximum atomic E-state index is 12.9. The summed E-state index contributed by atoms with van der Waals surface area (Å²) >= 11 is 0. The Labute approximate surface area is 165 Å². The number of amides is 1. The Morgan fingerprint density at radius 3 is 2.04 bits per heavy atom. The largest absolute Gasteiger partial charge is 0.348 e. The molecule has 0 spiro atoms. The third kappa shape index (κ3) is 3.60. The van der Waals surface area contributed by atoms with Gasteiger partial charge in [0.15, 0.2) is 0 Å². The van der Waals surface area contributed by atoms with Gasteiger partial charge < -0.3 is 9.88 Å². The van der Waals surface area contributed by atoms with E-state index in [1.807, 2.05) is 79.7 Å². The number of rotatable bonds is 5. The minimum absolute atomic E-state index is 0.0618. The van der Waals surface area contributed by atoms with Crippen molar-refractivity contribution in [2.75, 3.05) is 0 Å². The molecule has 1 amide bonds. The lowest BCUT2D eigenvalue weighted by atomic mass is 10.1. The van der Waals surface area contributed by atoms with Crippen molar-refractivity contribution in [3.05, 3.63) is 114 Å². The summed E-state index contributed by atoms with van der Waals surface area (Å²) in [5, 5.41) is 3.05. The number of hydrogen-bond acceptors (Lipinski definition) is 1. The molecule has 0 unspecified atom stereocenters. The quantitative estimate of drug-likeness (QED) is 0.505. The highest BCUT2D eigenvalue weighted by molar-refractivity contribution is 5.97. The van der Waals surface area contributed by atoms with Crippen LogP contribution in [0.5, 0.6) is 0 Å². The molecule has 3 heteroatoms. The first-order valence-corrected chi connectivity index (χ1v) is 9.39. The number of aromatic nitrogens is 1. The highest BCUT2D eigenvalue weighted by Gasteiger charge is 2.19. The van der Waals surface area contributed by atoms with Gasteiger partial charge in [-0.2, -0.15) is 0 Å². The van der Waals surface area contributed by atoms with Crippen molar-refractivity contribution in [1.82, 2.24) is 9.88 Å². The van der Waals surface area contributed by atoms with Crippen molar-refractivity contribution in [1.29, 1.82) is 0 Å². The molecule has 4 aromatic rings. The molecule has 0 aliphatic rings. The van der Waals surface area contributed by atoms with Gasteiger partial charge >= 0.3 is 0 Å². The molecule has 0 atom stereocenters. The Balaban J connectivity index is 1.72. The van der Waals surface area contributed by atoms with Crippen LogP contribution >= 0.6 is 0 Å². The molecule has 0 radical (unpaired) electrons. The molecular weight excluding hydrogens is 344 g/mol. The van der Waals surface area contributed by atoms with Gasteiger partial charge in [-0.25, -0.2) is 0 Å². The number of carbonyl (C=O) groups excluding carboxylic acids is 1. The second-order valence-electron chi connectivity index (χ2n) is 6.73. The molecule has 3 aromatic carbocycles. The van der Waals surface area contributed by atoms with Crippen molar-refractivity contribution in [3.8, 4) is 16.9 Å². The summed E-state index contributed by atoms with van der Waals surface area (Å²) in [5.41, 5.74) is 5.83. The summed E-state index contributed by atoms with van der Waals surface area (Å²) in [6, 6.07) is 32.3. The Morgan fingerprint density at radius 1 is 0.821 bits per heavy atom. The van der Waals surface area contributed by atoms with Gasteiger partial charge in [-0.15, -0.1) is 0 Å². The van der Waals surface area contributed by atoms with Gasteiger partial charge in [0.25, 0.3) is 5.91 Å². The molecule has 0 bridgehead atoms. The molecule has 0 saturated carbocycles. The van der Waals surface area contributed by atoms with Crippen LogP contribution in [0.3, 0.4) is 0 Å². The van der Waals surface area contributed by atoms with E-state index in [0.29, 0.717) is 12.1 Å². The fourth-order valence-electron chi connectivity index (χ4n) is 3.44.